The van der Waals surface area contributed by atoms with Crippen molar-refractivity contribution in [3.05, 3.63) is 41.3 Å². The molecule has 140 valence electrons. The highest BCUT2D eigenvalue weighted by Gasteiger charge is 2.28. The molecular weight excluding hydrogens is 334 g/mol. The third-order valence-corrected chi connectivity index (χ3v) is 4.23. The Hall–Kier alpha value is -2.38. The summed E-state index contributed by atoms with van der Waals surface area (Å²) in [5, 5.41) is 9.90. The number of carbonyl (C=O) groups excluding carboxylic acids is 1. The zero-order valence-electron chi connectivity index (χ0n) is 15.4. The van der Waals surface area contributed by atoms with Crippen molar-refractivity contribution >= 4 is 5.91 Å². The second-order valence-electron chi connectivity index (χ2n) is 6.67. The van der Waals surface area contributed by atoms with Gasteiger partial charge in [-0.3, -0.25) is 9.89 Å². The zero-order chi connectivity index (χ0) is 18.5. The van der Waals surface area contributed by atoms with E-state index in [9.17, 15) is 4.79 Å². The molecule has 2 N–H and O–H groups in total. The minimum absolute atomic E-state index is 0.0746. The number of aromatic nitrogens is 2. The molecule has 0 bridgehead atoms. The van der Waals surface area contributed by atoms with Gasteiger partial charge in [-0.2, -0.15) is 5.10 Å². The van der Waals surface area contributed by atoms with E-state index in [1.54, 1.807) is 6.07 Å². The minimum atomic E-state index is -0.262. The fourth-order valence-corrected chi connectivity index (χ4v) is 2.78. The van der Waals surface area contributed by atoms with Crippen LogP contribution in [0.2, 0.25) is 0 Å². The third kappa shape index (κ3) is 4.62. The maximum absolute atomic E-state index is 12.5. The Bertz CT molecular complexity index is 773. The molecule has 1 saturated heterocycles. The van der Waals surface area contributed by atoms with E-state index in [-0.39, 0.29) is 18.1 Å². The van der Waals surface area contributed by atoms with Gasteiger partial charge in [0.15, 0.2) is 11.5 Å². The molecule has 26 heavy (non-hydrogen) atoms. The molecule has 7 heteroatoms. The molecule has 1 amide bonds. The van der Waals surface area contributed by atoms with Crippen LogP contribution >= 0.6 is 0 Å². The number of amides is 1. The summed E-state index contributed by atoms with van der Waals surface area (Å²) in [5.74, 6) is 1.19. The van der Waals surface area contributed by atoms with Crippen molar-refractivity contribution in [3.8, 4) is 11.5 Å². The average Bonchev–Trinajstić information content (AvgIpc) is 3.25. The van der Waals surface area contributed by atoms with Gasteiger partial charge in [0.2, 0.25) is 0 Å². The number of carbonyl (C=O) groups is 1. The summed E-state index contributed by atoms with van der Waals surface area (Å²) in [4.78, 5) is 12.5. The Morgan fingerprint density at radius 1 is 1.46 bits per heavy atom. The highest BCUT2D eigenvalue weighted by atomic mass is 16.5. The van der Waals surface area contributed by atoms with Gasteiger partial charge < -0.3 is 19.2 Å². The van der Waals surface area contributed by atoms with E-state index in [0.717, 1.165) is 12.2 Å². The molecule has 7 nitrogen and oxygen atoms in total. The van der Waals surface area contributed by atoms with Gasteiger partial charge in [-0.05, 0) is 39.3 Å². The Balaban J connectivity index is 1.62. The lowest BCUT2D eigenvalue weighted by Gasteiger charge is -2.31. The Morgan fingerprint density at radius 3 is 3.04 bits per heavy atom. The first-order valence-corrected chi connectivity index (χ1v) is 8.78. The quantitative estimate of drug-likeness (QED) is 0.774. The fourth-order valence-electron chi connectivity index (χ4n) is 2.78. The largest absolute Gasteiger partial charge is 0.460 e. The molecule has 1 aliphatic rings. The van der Waals surface area contributed by atoms with E-state index in [1.165, 1.54) is 5.57 Å². The van der Waals surface area contributed by atoms with Crippen molar-refractivity contribution in [2.24, 2.45) is 0 Å². The molecule has 0 spiro atoms. The molecule has 0 radical (unpaired) electrons. The first-order chi connectivity index (χ1) is 12.5. The van der Waals surface area contributed by atoms with Crippen LogP contribution in [0.25, 0.3) is 11.5 Å². The first-order valence-electron chi connectivity index (χ1n) is 8.78. The lowest BCUT2D eigenvalue weighted by atomic mass is 10.1. The molecule has 0 saturated carbocycles. The number of H-pyrrole nitrogens is 1. The number of aryl methyl sites for hydroxylation is 1. The van der Waals surface area contributed by atoms with Gasteiger partial charge >= 0.3 is 0 Å². The zero-order valence-corrected chi connectivity index (χ0v) is 15.4. The molecule has 3 heterocycles. The molecular formula is C19H25N3O4. The van der Waals surface area contributed by atoms with E-state index in [2.05, 4.69) is 15.5 Å². The minimum Gasteiger partial charge on any atom is -0.460 e. The van der Waals surface area contributed by atoms with Crippen LogP contribution < -0.4 is 5.32 Å². The second kappa shape index (κ2) is 8.33. The highest BCUT2D eigenvalue weighted by Crippen LogP contribution is 2.20. The van der Waals surface area contributed by atoms with Crippen LogP contribution in [0.4, 0.5) is 0 Å². The first kappa shape index (κ1) is 18.4. The maximum atomic E-state index is 12.5. The Morgan fingerprint density at radius 2 is 2.31 bits per heavy atom. The molecule has 0 aliphatic carbocycles. The van der Waals surface area contributed by atoms with Crippen molar-refractivity contribution in [1.82, 2.24) is 15.5 Å². The van der Waals surface area contributed by atoms with Crippen LogP contribution in [0.1, 0.15) is 36.5 Å². The molecule has 2 unspecified atom stereocenters. The van der Waals surface area contributed by atoms with Crippen LogP contribution in [-0.4, -0.2) is 48.1 Å². The summed E-state index contributed by atoms with van der Waals surface area (Å²) in [6, 6.07) is 5.18. The van der Waals surface area contributed by atoms with E-state index >= 15 is 0 Å². The van der Waals surface area contributed by atoms with Crippen LogP contribution in [-0.2, 0) is 9.47 Å². The number of allylic oxidation sites excluding steroid dienone is 1. The van der Waals surface area contributed by atoms with E-state index in [0.29, 0.717) is 37.0 Å². The third-order valence-electron chi connectivity index (χ3n) is 4.23. The monoisotopic (exact) mass is 359 g/mol. The number of ether oxygens (including phenoxy) is 2. The number of hydrogen-bond acceptors (Lipinski definition) is 5. The van der Waals surface area contributed by atoms with Crippen molar-refractivity contribution in [2.75, 3.05) is 19.8 Å². The normalized spacial score (nSPS) is 20.0. The number of rotatable bonds is 6. The van der Waals surface area contributed by atoms with Gasteiger partial charge in [-0.15, -0.1) is 0 Å². The van der Waals surface area contributed by atoms with Gasteiger partial charge in [0.1, 0.15) is 11.5 Å². The maximum Gasteiger partial charge on any atom is 0.272 e. The number of hydrogen-bond donors (Lipinski definition) is 2. The molecule has 1 fully saturated rings. The number of aromatic amines is 1. The van der Waals surface area contributed by atoms with Gasteiger partial charge in [-0.25, -0.2) is 0 Å². The lowest BCUT2D eigenvalue weighted by Crippen LogP contribution is -2.50. The van der Waals surface area contributed by atoms with Gasteiger partial charge in [-0.1, -0.05) is 11.6 Å². The Kier molecular flexibility index (Phi) is 5.90. The average molecular weight is 359 g/mol. The van der Waals surface area contributed by atoms with Gasteiger partial charge in [0.05, 0.1) is 25.4 Å². The molecule has 2 atom stereocenters. The van der Waals surface area contributed by atoms with Crippen molar-refractivity contribution in [3.63, 3.8) is 0 Å². The molecule has 2 aromatic rings. The van der Waals surface area contributed by atoms with Gasteiger partial charge in [0.25, 0.3) is 5.91 Å². The van der Waals surface area contributed by atoms with Crippen LogP contribution in [0.15, 0.2) is 34.3 Å². The summed E-state index contributed by atoms with van der Waals surface area (Å²) < 4.78 is 17.0. The molecule has 3 rings (SSSR count). The van der Waals surface area contributed by atoms with Crippen LogP contribution in [0.3, 0.4) is 0 Å². The molecule has 0 aromatic carbocycles. The van der Waals surface area contributed by atoms with Crippen LogP contribution in [0.5, 0.6) is 0 Å². The van der Waals surface area contributed by atoms with Crippen molar-refractivity contribution in [2.45, 2.75) is 39.3 Å². The van der Waals surface area contributed by atoms with E-state index in [4.69, 9.17) is 13.9 Å². The summed E-state index contributed by atoms with van der Waals surface area (Å²) >= 11 is 0. The molecule has 2 aromatic heterocycles. The Labute approximate surface area is 152 Å². The standard InChI is InChI=1S/C19H25N3O4/c1-12(2)6-9-25-17-7-8-24-11-16(17)20-19(23)15-10-14(21-22-15)18-5-4-13(3)26-18/h4-6,10,16-17H,7-9,11H2,1-3H3,(H,20,23)(H,21,22). The van der Waals surface area contributed by atoms with Crippen LogP contribution in [0, 0.1) is 6.92 Å². The topological polar surface area (TPSA) is 89.4 Å². The van der Waals surface area contributed by atoms with E-state index in [1.807, 2.05) is 39.0 Å². The second-order valence-corrected chi connectivity index (χ2v) is 6.67. The van der Waals surface area contributed by atoms with E-state index < -0.39 is 0 Å². The van der Waals surface area contributed by atoms with Crippen molar-refractivity contribution < 1.29 is 18.7 Å². The summed E-state index contributed by atoms with van der Waals surface area (Å²) in [6.45, 7) is 7.52. The number of nitrogens with zero attached hydrogens (tertiary/aromatic N) is 1. The fraction of sp³-hybridized carbons (Fsp3) is 0.474. The number of nitrogens with one attached hydrogen (secondary N) is 2. The van der Waals surface area contributed by atoms with Gasteiger partial charge in [0, 0.05) is 12.7 Å². The summed E-state index contributed by atoms with van der Waals surface area (Å²) in [6.07, 6.45) is 2.70. The van der Waals surface area contributed by atoms with Crippen molar-refractivity contribution in [1.29, 1.82) is 0 Å². The SMILES string of the molecule is CC(C)=CCOC1CCOCC1NC(=O)c1cc(-c2ccc(C)o2)[nH]n1. The predicted octanol–water partition coefficient (Wildman–Crippen LogP) is 2.85. The smallest absolute Gasteiger partial charge is 0.272 e. The lowest BCUT2D eigenvalue weighted by molar-refractivity contribution is -0.0457. The summed E-state index contributed by atoms with van der Waals surface area (Å²) in [5.41, 5.74) is 2.18. The predicted molar refractivity (Wildman–Crippen MR) is 96.9 cm³/mol. The molecule has 1 aliphatic heterocycles. The summed E-state index contributed by atoms with van der Waals surface area (Å²) in [7, 11) is 0. The number of furan rings is 1. The highest BCUT2D eigenvalue weighted by molar-refractivity contribution is 5.93.